The third-order valence-electron chi connectivity index (χ3n) is 2.59. The van der Waals surface area contributed by atoms with Gasteiger partial charge in [-0.2, -0.15) is 0 Å². The Morgan fingerprint density at radius 1 is 1.35 bits per heavy atom. The summed E-state index contributed by atoms with van der Waals surface area (Å²) in [7, 11) is 1.63. The highest BCUT2D eigenvalue weighted by molar-refractivity contribution is 5.94. The summed E-state index contributed by atoms with van der Waals surface area (Å²) >= 11 is 0. The van der Waals surface area contributed by atoms with Crippen LogP contribution < -0.4 is 10.6 Å². The number of aliphatic hydroxyl groups excluding tert-OH is 1. The first kappa shape index (κ1) is 11.4. The van der Waals surface area contributed by atoms with Crippen LogP contribution in [-0.2, 0) is 4.79 Å². The fraction of sp³-hybridized carbons (Fsp3) is 0.273. The third kappa shape index (κ3) is 2.21. The summed E-state index contributed by atoms with van der Waals surface area (Å²) in [5.74, 6) is -0.176. The molecule has 0 spiro atoms. The zero-order valence-electron chi connectivity index (χ0n) is 9.36. The lowest BCUT2D eigenvalue weighted by molar-refractivity contribution is -0.118. The van der Waals surface area contributed by atoms with Crippen molar-refractivity contribution in [3.8, 4) is 0 Å². The number of nitrogens with zero attached hydrogens (tertiary/aromatic N) is 1. The number of amides is 1. The topological polar surface area (TPSA) is 89.2 Å². The van der Waals surface area contributed by atoms with E-state index < -0.39 is 0 Å². The molecule has 0 unspecified atom stereocenters. The Labute approximate surface area is 96.9 Å². The number of aromatic amines is 2. The Morgan fingerprint density at radius 2 is 2.06 bits per heavy atom. The number of benzene rings is 1. The smallest absolute Gasteiger partial charge is 0.323 e. The molecule has 1 heterocycles. The minimum Gasteiger partial charge on any atom is -0.396 e. The lowest BCUT2D eigenvalue weighted by Gasteiger charge is -2.16. The van der Waals surface area contributed by atoms with Crippen molar-refractivity contribution < 1.29 is 9.90 Å². The Morgan fingerprint density at radius 3 is 2.76 bits per heavy atom. The molecule has 0 radical (unpaired) electrons. The molecule has 0 fully saturated rings. The molecule has 0 aliphatic carbocycles. The largest absolute Gasteiger partial charge is 0.396 e. The second kappa shape index (κ2) is 4.42. The summed E-state index contributed by atoms with van der Waals surface area (Å²) < 4.78 is 0. The molecule has 90 valence electrons. The summed E-state index contributed by atoms with van der Waals surface area (Å²) in [6, 6.07) is 5.18. The first-order valence-corrected chi connectivity index (χ1v) is 5.21. The molecule has 2 aromatic rings. The summed E-state index contributed by atoms with van der Waals surface area (Å²) in [6.07, 6.45) is 0.0815. The van der Waals surface area contributed by atoms with Crippen LogP contribution in [0, 0.1) is 0 Å². The van der Waals surface area contributed by atoms with Crippen molar-refractivity contribution in [2.24, 2.45) is 0 Å². The van der Waals surface area contributed by atoms with Crippen LogP contribution in [0.25, 0.3) is 11.0 Å². The molecule has 0 aliphatic rings. The van der Waals surface area contributed by atoms with E-state index in [1.165, 1.54) is 4.90 Å². The molecule has 0 saturated heterocycles. The lowest BCUT2D eigenvalue weighted by Crippen LogP contribution is -2.26. The standard InChI is InChI=1S/C11H13N3O3/c1-14(10(16)4-5-15)7-2-3-8-9(6-7)13-11(17)12-8/h2-3,6,15H,4-5H2,1H3,(H2,12,13,17). The molecule has 3 N–H and O–H groups in total. The monoisotopic (exact) mass is 235 g/mol. The Hall–Kier alpha value is -2.08. The number of fused-ring (bicyclic) bond motifs is 1. The van der Waals surface area contributed by atoms with Gasteiger partial charge in [0.15, 0.2) is 0 Å². The van der Waals surface area contributed by atoms with Crippen LogP contribution >= 0.6 is 0 Å². The molecule has 1 aromatic heterocycles. The van der Waals surface area contributed by atoms with Crippen molar-refractivity contribution in [1.82, 2.24) is 9.97 Å². The van der Waals surface area contributed by atoms with Crippen LogP contribution in [0.3, 0.4) is 0 Å². The van der Waals surface area contributed by atoms with E-state index in [1.54, 1.807) is 25.2 Å². The summed E-state index contributed by atoms with van der Waals surface area (Å²) in [5, 5.41) is 8.71. The summed E-state index contributed by atoms with van der Waals surface area (Å²) in [6.45, 7) is -0.174. The number of carbonyl (C=O) groups is 1. The number of aliphatic hydroxyl groups is 1. The van der Waals surface area contributed by atoms with Crippen molar-refractivity contribution in [3.63, 3.8) is 0 Å². The molecule has 17 heavy (non-hydrogen) atoms. The maximum atomic E-state index is 11.6. The maximum absolute atomic E-state index is 11.6. The number of nitrogens with one attached hydrogen (secondary N) is 2. The average molecular weight is 235 g/mol. The van der Waals surface area contributed by atoms with Crippen LogP contribution in [0.1, 0.15) is 6.42 Å². The molecule has 6 heteroatoms. The van der Waals surface area contributed by atoms with Gasteiger partial charge in [0, 0.05) is 12.7 Å². The molecule has 0 bridgehead atoms. The van der Waals surface area contributed by atoms with Crippen LogP contribution in [0.2, 0.25) is 0 Å². The number of H-pyrrole nitrogens is 2. The molecule has 0 atom stereocenters. The van der Waals surface area contributed by atoms with Gasteiger partial charge in [0.1, 0.15) is 0 Å². The fourth-order valence-electron chi connectivity index (χ4n) is 1.64. The van der Waals surface area contributed by atoms with E-state index in [0.29, 0.717) is 16.7 Å². The molecule has 1 aromatic carbocycles. The quantitative estimate of drug-likeness (QED) is 0.710. The van der Waals surface area contributed by atoms with E-state index >= 15 is 0 Å². The predicted octanol–water partition coefficient (Wildman–Crippen LogP) is 0.201. The highest BCUT2D eigenvalue weighted by atomic mass is 16.3. The summed E-state index contributed by atoms with van der Waals surface area (Å²) in [5.41, 5.74) is 1.74. The van der Waals surface area contributed by atoms with Gasteiger partial charge >= 0.3 is 5.69 Å². The van der Waals surface area contributed by atoms with E-state index in [-0.39, 0.29) is 24.6 Å². The number of imidazole rings is 1. The van der Waals surface area contributed by atoms with Gasteiger partial charge in [-0.3, -0.25) is 4.79 Å². The molecular formula is C11H13N3O3. The fourth-order valence-corrected chi connectivity index (χ4v) is 1.64. The Bertz CT molecular complexity index is 599. The number of hydrogen-bond acceptors (Lipinski definition) is 3. The summed E-state index contributed by atoms with van der Waals surface area (Å²) in [4.78, 5) is 29.3. The van der Waals surface area contributed by atoms with Crippen LogP contribution in [0.15, 0.2) is 23.0 Å². The van der Waals surface area contributed by atoms with Gasteiger partial charge in [-0.1, -0.05) is 0 Å². The van der Waals surface area contributed by atoms with E-state index in [9.17, 15) is 9.59 Å². The maximum Gasteiger partial charge on any atom is 0.323 e. The molecule has 1 amide bonds. The van der Waals surface area contributed by atoms with Gasteiger partial charge in [0.05, 0.1) is 24.1 Å². The number of rotatable bonds is 3. The molecule has 0 saturated carbocycles. The first-order chi connectivity index (χ1) is 8.11. The highest BCUT2D eigenvalue weighted by Gasteiger charge is 2.11. The zero-order chi connectivity index (χ0) is 12.4. The number of anilines is 1. The van der Waals surface area contributed by atoms with E-state index in [0.717, 1.165) is 0 Å². The Balaban J connectivity index is 2.35. The molecule has 2 rings (SSSR count). The van der Waals surface area contributed by atoms with Gasteiger partial charge in [-0.25, -0.2) is 4.79 Å². The normalized spacial score (nSPS) is 10.7. The SMILES string of the molecule is CN(C(=O)CCO)c1ccc2[nH]c(=O)[nH]c2c1. The minimum atomic E-state index is -0.276. The Kier molecular flexibility index (Phi) is 2.97. The molecule has 0 aliphatic heterocycles. The number of aromatic nitrogens is 2. The van der Waals surface area contributed by atoms with Crippen molar-refractivity contribution in [2.45, 2.75) is 6.42 Å². The lowest BCUT2D eigenvalue weighted by atomic mass is 10.2. The van der Waals surface area contributed by atoms with Gasteiger partial charge in [-0.05, 0) is 18.2 Å². The van der Waals surface area contributed by atoms with Gasteiger partial charge in [0.2, 0.25) is 5.91 Å². The highest BCUT2D eigenvalue weighted by Crippen LogP contribution is 2.18. The van der Waals surface area contributed by atoms with Gasteiger partial charge in [0.25, 0.3) is 0 Å². The minimum absolute atomic E-state index is 0.0815. The zero-order valence-corrected chi connectivity index (χ0v) is 9.36. The van der Waals surface area contributed by atoms with E-state index in [4.69, 9.17) is 5.11 Å². The van der Waals surface area contributed by atoms with Crippen molar-refractivity contribution >= 4 is 22.6 Å². The third-order valence-corrected chi connectivity index (χ3v) is 2.59. The number of hydrogen-bond donors (Lipinski definition) is 3. The van der Waals surface area contributed by atoms with Crippen LogP contribution in [0.5, 0.6) is 0 Å². The van der Waals surface area contributed by atoms with Crippen LogP contribution in [-0.4, -0.2) is 34.6 Å². The first-order valence-electron chi connectivity index (χ1n) is 5.21. The van der Waals surface area contributed by atoms with E-state index in [2.05, 4.69) is 9.97 Å². The van der Waals surface area contributed by atoms with Crippen LogP contribution in [0.4, 0.5) is 5.69 Å². The second-order valence-electron chi connectivity index (χ2n) is 3.74. The van der Waals surface area contributed by atoms with Crippen molar-refractivity contribution in [2.75, 3.05) is 18.6 Å². The van der Waals surface area contributed by atoms with Crippen molar-refractivity contribution in [1.29, 1.82) is 0 Å². The van der Waals surface area contributed by atoms with Crippen molar-refractivity contribution in [3.05, 3.63) is 28.7 Å². The van der Waals surface area contributed by atoms with Gasteiger partial charge < -0.3 is 20.0 Å². The molecular weight excluding hydrogens is 222 g/mol. The predicted molar refractivity (Wildman–Crippen MR) is 64.0 cm³/mol. The average Bonchev–Trinajstić information content (AvgIpc) is 2.67. The second-order valence-corrected chi connectivity index (χ2v) is 3.74. The van der Waals surface area contributed by atoms with Gasteiger partial charge in [-0.15, -0.1) is 0 Å². The van der Waals surface area contributed by atoms with E-state index in [1.807, 2.05) is 0 Å². The number of carbonyl (C=O) groups excluding carboxylic acids is 1. The molecule has 6 nitrogen and oxygen atoms in total.